The average molecular weight is 153 g/mol. The highest BCUT2D eigenvalue weighted by Crippen LogP contribution is 2.43. The van der Waals surface area contributed by atoms with Crippen molar-refractivity contribution < 1.29 is 0 Å². The van der Waals surface area contributed by atoms with Crippen molar-refractivity contribution in [3.8, 4) is 0 Å². The highest BCUT2D eigenvalue weighted by Gasteiger charge is 2.44. The summed E-state index contributed by atoms with van der Waals surface area (Å²) in [5, 5.41) is 0. The van der Waals surface area contributed by atoms with Crippen LogP contribution in [0.25, 0.3) is 0 Å². The van der Waals surface area contributed by atoms with Crippen LogP contribution in [0.3, 0.4) is 0 Å². The van der Waals surface area contributed by atoms with Gasteiger partial charge >= 0.3 is 0 Å². The summed E-state index contributed by atoms with van der Waals surface area (Å²) < 4.78 is 0. The molecule has 0 spiro atoms. The number of nitrogens with zero attached hydrogens (tertiary/aromatic N) is 1. The van der Waals surface area contributed by atoms with E-state index in [0.29, 0.717) is 0 Å². The molecule has 0 aromatic heterocycles. The number of rotatable bonds is 1. The van der Waals surface area contributed by atoms with Gasteiger partial charge in [0.1, 0.15) is 0 Å². The Hall–Kier alpha value is -0.0400. The molecule has 0 radical (unpaired) electrons. The molecule has 1 heteroatoms. The maximum atomic E-state index is 2.62. The van der Waals surface area contributed by atoms with Crippen molar-refractivity contribution in [3.05, 3.63) is 0 Å². The zero-order chi connectivity index (χ0) is 8.01. The number of fused-ring (bicyclic) bond motifs is 2. The second-order valence-corrected chi connectivity index (χ2v) is 4.63. The van der Waals surface area contributed by atoms with Crippen molar-refractivity contribution in [2.75, 3.05) is 7.05 Å². The van der Waals surface area contributed by atoms with Gasteiger partial charge < -0.3 is 0 Å². The molecule has 0 aromatic rings. The molecule has 1 saturated heterocycles. The summed E-state index contributed by atoms with van der Waals surface area (Å²) in [5.74, 6) is 1.89. The first kappa shape index (κ1) is 7.60. The van der Waals surface area contributed by atoms with E-state index in [9.17, 15) is 0 Å². The van der Waals surface area contributed by atoms with Crippen LogP contribution in [-0.2, 0) is 0 Å². The highest BCUT2D eigenvalue weighted by atomic mass is 15.2. The van der Waals surface area contributed by atoms with Gasteiger partial charge in [-0.3, -0.25) is 4.90 Å². The maximum absolute atomic E-state index is 2.62. The summed E-state index contributed by atoms with van der Waals surface area (Å²) in [6.45, 7) is 4.73. The minimum Gasteiger partial charge on any atom is -0.300 e. The fourth-order valence-corrected chi connectivity index (χ4v) is 3.26. The van der Waals surface area contributed by atoms with Crippen LogP contribution in [0.2, 0.25) is 0 Å². The van der Waals surface area contributed by atoms with Crippen molar-refractivity contribution >= 4 is 0 Å². The molecule has 1 nitrogen and oxygen atoms in total. The van der Waals surface area contributed by atoms with Gasteiger partial charge in [0.2, 0.25) is 0 Å². The van der Waals surface area contributed by atoms with E-state index in [1.807, 2.05) is 0 Å². The Balaban J connectivity index is 2.11. The van der Waals surface area contributed by atoms with Crippen LogP contribution >= 0.6 is 0 Å². The number of likely N-dealkylation sites (tertiary alicyclic amines) is 1. The molecule has 3 unspecified atom stereocenters. The normalized spacial score (nSPS) is 44.2. The number of piperidine rings is 1. The minimum absolute atomic E-state index is 0.857. The summed E-state index contributed by atoms with van der Waals surface area (Å²) in [4.78, 5) is 2.62. The van der Waals surface area contributed by atoms with Gasteiger partial charge in [0.15, 0.2) is 0 Å². The predicted molar refractivity (Wildman–Crippen MR) is 47.5 cm³/mol. The van der Waals surface area contributed by atoms with Gasteiger partial charge in [-0.1, -0.05) is 13.8 Å². The van der Waals surface area contributed by atoms with Gasteiger partial charge in [0.05, 0.1) is 0 Å². The first-order chi connectivity index (χ1) is 5.20. The summed E-state index contributed by atoms with van der Waals surface area (Å²) in [6, 6.07) is 1.83. The van der Waals surface area contributed by atoms with Crippen molar-refractivity contribution in [3.63, 3.8) is 0 Å². The molecular weight excluding hydrogens is 134 g/mol. The maximum Gasteiger partial charge on any atom is 0.0147 e. The Morgan fingerprint density at radius 2 is 2.00 bits per heavy atom. The van der Waals surface area contributed by atoms with Crippen LogP contribution in [0.15, 0.2) is 0 Å². The zero-order valence-corrected chi connectivity index (χ0v) is 7.88. The van der Waals surface area contributed by atoms with E-state index in [1.54, 1.807) is 0 Å². The topological polar surface area (TPSA) is 3.24 Å². The highest BCUT2D eigenvalue weighted by molar-refractivity contribution is 4.98. The lowest BCUT2D eigenvalue weighted by atomic mass is 9.90. The lowest BCUT2D eigenvalue weighted by Gasteiger charge is -2.34. The molecule has 2 fully saturated rings. The second-order valence-electron chi connectivity index (χ2n) is 4.63. The third-order valence-electron chi connectivity index (χ3n) is 3.66. The molecule has 1 aliphatic carbocycles. The molecule has 0 amide bonds. The molecule has 3 atom stereocenters. The fraction of sp³-hybridized carbons (Fsp3) is 1.00. The van der Waals surface area contributed by atoms with Crippen molar-refractivity contribution in [1.29, 1.82) is 0 Å². The molecule has 0 N–H and O–H groups in total. The summed E-state index contributed by atoms with van der Waals surface area (Å²) in [7, 11) is 2.31. The van der Waals surface area contributed by atoms with Crippen LogP contribution in [0.1, 0.15) is 33.1 Å². The molecule has 0 aromatic carbocycles. The van der Waals surface area contributed by atoms with E-state index in [1.165, 1.54) is 19.3 Å². The summed E-state index contributed by atoms with van der Waals surface area (Å²) >= 11 is 0. The Labute approximate surface area is 69.8 Å². The summed E-state index contributed by atoms with van der Waals surface area (Å²) in [6.07, 6.45) is 4.45. The zero-order valence-electron chi connectivity index (χ0n) is 7.88. The quantitative estimate of drug-likeness (QED) is 0.558. The molecule has 1 aliphatic heterocycles. The SMILES string of the molecule is CC(C)C1C2CCC(C2)N1C. The van der Waals surface area contributed by atoms with E-state index in [2.05, 4.69) is 25.8 Å². The molecule has 11 heavy (non-hydrogen) atoms. The van der Waals surface area contributed by atoms with Gasteiger partial charge in [-0.15, -0.1) is 0 Å². The molecule has 64 valence electrons. The number of hydrogen-bond donors (Lipinski definition) is 0. The largest absolute Gasteiger partial charge is 0.300 e. The fourth-order valence-electron chi connectivity index (χ4n) is 3.26. The lowest BCUT2D eigenvalue weighted by molar-refractivity contribution is 0.136. The Morgan fingerprint density at radius 3 is 2.36 bits per heavy atom. The molecule has 1 heterocycles. The van der Waals surface area contributed by atoms with Gasteiger partial charge in [-0.05, 0) is 38.1 Å². The second kappa shape index (κ2) is 2.48. The molecule has 1 saturated carbocycles. The Bertz CT molecular complexity index is 151. The summed E-state index contributed by atoms with van der Waals surface area (Å²) in [5.41, 5.74) is 0. The van der Waals surface area contributed by atoms with Crippen molar-refractivity contribution in [1.82, 2.24) is 4.90 Å². The van der Waals surface area contributed by atoms with E-state index in [-0.39, 0.29) is 0 Å². The lowest BCUT2D eigenvalue weighted by Crippen LogP contribution is -2.40. The number of hydrogen-bond acceptors (Lipinski definition) is 1. The predicted octanol–water partition coefficient (Wildman–Crippen LogP) is 2.13. The smallest absolute Gasteiger partial charge is 0.0147 e. The first-order valence-electron chi connectivity index (χ1n) is 4.92. The van der Waals surface area contributed by atoms with Crippen LogP contribution in [0, 0.1) is 11.8 Å². The third-order valence-corrected chi connectivity index (χ3v) is 3.66. The standard InChI is InChI=1S/C10H19N/c1-7(2)10-8-4-5-9(6-8)11(10)3/h7-10H,4-6H2,1-3H3. The molecule has 2 bridgehead atoms. The first-order valence-corrected chi connectivity index (χ1v) is 4.92. The van der Waals surface area contributed by atoms with E-state index >= 15 is 0 Å². The van der Waals surface area contributed by atoms with Crippen LogP contribution in [-0.4, -0.2) is 24.0 Å². The van der Waals surface area contributed by atoms with Crippen LogP contribution in [0.5, 0.6) is 0 Å². The monoisotopic (exact) mass is 153 g/mol. The Morgan fingerprint density at radius 1 is 1.27 bits per heavy atom. The van der Waals surface area contributed by atoms with Crippen molar-refractivity contribution in [2.24, 2.45) is 11.8 Å². The van der Waals surface area contributed by atoms with E-state index in [0.717, 1.165) is 23.9 Å². The van der Waals surface area contributed by atoms with Gasteiger partial charge in [-0.25, -0.2) is 0 Å². The molecular formula is C10H19N. The van der Waals surface area contributed by atoms with E-state index in [4.69, 9.17) is 0 Å². The van der Waals surface area contributed by atoms with Gasteiger partial charge in [0.25, 0.3) is 0 Å². The van der Waals surface area contributed by atoms with Crippen molar-refractivity contribution in [2.45, 2.75) is 45.2 Å². The van der Waals surface area contributed by atoms with Crippen LogP contribution < -0.4 is 0 Å². The third kappa shape index (κ3) is 1.01. The molecule has 2 aliphatic rings. The Kier molecular flexibility index (Phi) is 1.71. The van der Waals surface area contributed by atoms with Gasteiger partial charge in [-0.2, -0.15) is 0 Å². The average Bonchev–Trinajstić information content (AvgIpc) is 2.44. The molecule has 2 rings (SSSR count). The van der Waals surface area contributed by atoms with Gasteiger partial charge in [0, 0.05) is 12.1 Å². The van der Waals surface area contributed by atoms with E-state index < -0.39 is 0 Å². The van der Waals surface area contributed by atoms with Crippen LogP contribution in [0.4, 0.5) is 0 Å². The minimum atomic E-state index is 0.857.